The molecule has 1 N–H and O–H groups in total. The van der Waals surface area contributed by atoms with Crippen LogP contribution in [-0.4, -0.2) is 6.54 Å². The zero-order chi connectivity index (χ0) is 11.1. The van der Waals surface area contributed by atoms with Crippen molar-refractivity contribution in [3.05, 3.63) is 29.3 Å². The van der Waals surface area contributed by atoms with E-state index in [-0.39, 0.29) is 0 Å². The first-order valence-corrected chi connectivity index (χ1v) is 5.41. The van der Waals surface area contributed by atoms with E-state index in [0.717, 1.165) is 19.4 Å². The molecule has 1 rings (SSSR count). The van der Waals surface area contributed by atoms with Crippen LogP contribution in [0.4, 0.5) is 5.69 Å². The maximum Gasteiger partial charge on any atom is 0.0621 e. The number of hydrogen-bond acceptors (Lipinski definition) is 2. The number of anilines is 1. The van der Waals surface area contributed by atoms with Crippen LogP contribution in [-0.2, 0) is 0 Å². The van der Waals surface area contributed by atoms with Crippen LogP contribution in [0.3, 0.4) is 0 Å². The zero-order valence-electron chi connectivity index (χ0n) is 9.51. The second-order valence-corrected chi connectivity index (χ2v) is 3.92. The van der Waals surface area contributed by atoms with Gasteiger partial charge in [0.1, 0.15) is 0 Å². The standard InChI is InChI=1S/C13H18N2/c1-11-8-12(2)10-13(9-11)15-7-5-3-4-6-14/h8-10,15H,3-5,7H2,1-2H3. The summed E-state index contributed by atoms with van der Waals surface area (Å²) >= 11 is 0. The highest BCUT2D eigenvalue weighted by Crippen LogP contribution is 2.13. The van der Waals surface area contributed by atoms with E-state index in [4.69, 9.17) is 5.26 Å². The Balaban J connectivity index is 2.34. The van der Waals surface area contributed by atoms with Gasteiger partial charge in [-0.3, -0.25) is 0 Å². The molecular formula is C13H18N2. The monoisotopic (exact) mass is 202 g/mol. The van der Waals surface area contributed by atoms with Crippen LogP contribution in [0.1, 0.15) is 30.4 Å². The third kappa shape index (κ3) is 4.51. The van der Waals surface area contributed by atoms with Gasteiger partial charge in [0.25, 0.3) is 0 Å². The summed E-state index contributed by atoms with van der Waals surface area (Å²) in [4.78, 5) is 0. The van der Waals surface area contributed by atoms with Gasteiger partial charge in [-0.15, -0.1) is 0 Å². The summed E-state index contributed by atoms with van der Waals surface area (Å²) in [5.74, 6) is 0. The highest BCUT2D eigenvalue weighted by Gasteiger charge is 1.94. The van der Waals surface area contributed by atoms with Gasteiger partial charge in [-0.25, -0.2) is 0 Å². The molecule has 0 unspecified atom stereocenters. The van der Waals surface area contributed by atoms with Crippen LogP contribution in [0, 0.1) is 25.2 Å². The predicted molar refractivity (Wildman–Crippen MR) is 63.9 cm³/mol. The smallest absolute Gasteiger partial charge is 0.0621 e. The molecule has 0 heterocycles. The predicted octanol–water partition coefficient (Wildman–Crippen LogP) is 3.41. The molecule has 0 bridgehead atoms. The minimum absolute atomic E-state index is 0.661. The molecule has 0 saturated carbocycles. The van der Waals surface area contributed by atoms with E-state index in [0.29, 0.717) is 6.42 Å². The molecule has 0 aliphatic carbocycles. The summed E-state index contributed by atoms with van der Waals surface area (Å²) in [6, 6.07) is 8.62. The Morgan fingerprint density at radius 2 is 1.80 bits per heavy atom. The van der Waals surface area contributed by atoms with Crippen molar-refractivity contribution in [1.29, 1.82) is 5.26 Å². The molecule has 1 aromatic rings. The van der Waals surface area contributed by atoms with Crippen molar-refractivity contribution in [1.82, 2.24) is 0 Å². The second-order valence-electron chi connectivity index (χ2n) is 3.92. The van der Waals surface area contributed by atoms with Crippen molar-refractivity contribution in [2.45, 2.75) is 33.1 Å². The van der Waals surface area contributed by atoms with Gasteiger partial charge in [-0.2, -0.15) is 5.26 Å². The fraction of sp³-hybridized carbons (Fsp3) is 0.462. The molecule has 0 aliphatic rings. The highest BCUT2D eigenvalue weighted by molar-refractivity contribution is 5.48. The molecule has 0 saturated heterocycles. The average Bonchev–Trinajstić information content (AvgIpc) is 2.16. The summed E-state index contributed by atoms with van der Waals surface area (Å²) in [5.41, 5.74) is 3.76. The Hall–Kier alpha value is -1.49. The van der Waals surface area contributed by atoms with Crippen molar-refractivity contribution in [2.75, 3.05) is 11.9 Å². The van der Waals surface area contributed by atoms with Gasteiger partial charge in [0.2, 0.25) is 0 Å². The van der Waals surface area contributed by atoms with Crippen molar-refractivity contribution < 1.29 is 0 Å². The van der Waals surface area contributed by atoms with E-state index < -0.39 is 0 Å². The molecule has 15 heavy (non-hydrogen) atoms. The lowest BCUT2D eigenvalue weighted by atomic mass is 10.1. The normalized spacial score (nSPS) is 9.67. The van der Waals surface area contributed by atoms with Crippen LogP contribution < -0.4 is 5.32 Å². The SMILES string of the molecule is Cc1cc(C)cc(NCCCCC#N)c1. The minimum Gasteiger partial charge on any atom is -0.385 e. The molecular weight excluding hydrogens is 184 g/mol. The first kappa shape index (κ1) is 11.6. The summed E-state index contributed by atoms with van der Waals surface area (Å²) in [6.45, 7) is 5.16. The van der Waals surface area contributed by atoms with Gasteiger partial charge in [0.05, 0.1) is 6.07 Å². The third-order valence-electron chi connectivity index (χ3n) is 2.27. The lowest BCUT2D eigenvalue weighted by Crippen LogP contribution is -2.01. The number of nitrogens with one attached hydrogen (secondary N) is 1. The lowest BCUT2D eigenvalue weighted by Gasteiger charge is -2.07. The van der Waals surface area contributed by atoms with E-state index in [9.17, 15) is 0 Å². The van der Waals surface area contributed by atoms with Crippen LogP contribution in [0.15, 0.2) is 18.2 Å². The molecule has 0 aliphatic heterocycles. The van der Waals surface area contributed by atoms with Crippen LogP contribution in [0.2, 0.25) is 0 Å². The first-order chi connectivity index (χ1) is 7.22. The molecule has 0 atom stereocenters. The molecule has 0 aromatic heterocycles. The Morgan fingerprint density at radius 3 is 2.40 bits per heavy atom. The van der Waals surface area contributed by atoms with Gasteiger partial charge in [-0.05, 0) is 49.9 Å². The number of benzene rings is 1. The van der Waals surface area contributed by atoms with Gasteiger partial charge in [-0.1, -0.05) is 6.07 Å². The van der Waals surface area contributed by atoms with Crippen molar-refractivity contribution in [2.24, 2.45) is 0 Å². The van der Waals surface area contributed by atoms with E-state index in [1.54, 1.807) is 0 Å². The molecule has 0 fully saturated rings. The molecule has 0 amide bonds. The zero-order valence-corrected chi connectivity index (χ0v) is 9.51. The molecule has 1 aromatic carbocycles. The fourth-order valence-corrected chi connectivity index (χ4v) is 1.64. The maximum atomic E-state index is 8.38. The van der Waals surface area contributed by atoms with Gasteiger partial charge in [0, 0.05) is 18.7 Å². The van der Waals surface area contributed by atoms with Gasteiger partial charge >= 0.3 is 0 Å². The van der Waals surface area contributed by atoms with Crippen LogP contribution in [0.5, 0.6) is 0 Å². The molecule has 80 valence electrons. The Kier molecular flexibility index (Phi) is 4.70. The highest BCUT2D eigenvalue weighted by atomic mass is 14.9. The largest absolute Gasteiger partial charge is 0.385 e. The molecule has 2 nitrogen and oxygen atoms in total. The summed E-state index contributed by atoms with van der Waals surface area (Å²) in [6.07, 6.45) is 2.70. The van der Waals surface area contributed by atoms with E-state index in [1.807, 2.05) is 0 Å². The number of rotatable bonds is 5. The van der Waals surface area contributed by atoms with E-state index >= 15 is 0 Å². The lowest BCUT2D eigenvalue weighted by molar-refractivity contribution is 0.784. The number of aryl methyl sites for hydroxylation is 2. The number of hydrogen-bond donors (Lipinski definition) is 1. The molecule has 2 heteroatoms. The second kappa shape index (κ2) is 6.08. The fourth-order valence-electron chi connectivity index (χ4n) is 1.64. The molecule has 0 spiro atoms. The summed E-state index contributed by atoms with van der Waals surface area (Å²) < 4.78 is 0. The third-order valence-corrected chi connectivity index (χ3v) is 2.27. The first-order valence-electron chi connectivity index (χ1n) is 5.41. The number of nitriles is 1. The Bertz CT molecular complexity index is 330. The van der Waals surface area contributed by atoms with Crippen molar-refractivity contribution in [3.8, 4) is 6.07 Å². The van der Waals surface area contributed by atoms with E-state index in [1.165, 1.54) is 16.8 Å². The quantitative estimate of drug-likeness (QED) is 0.743. The average molecular weight is 202 g/mol. The Labute approximate surface area is 91.9 Å². The van der Waals surface area contributed by atoms with Gasteiger partial charge < -0.3 is 5.32 Å². The minimum atomic E-state index is 0.661. The van der Waals surface area contributed by atoms with Gasteiger partial charge in [0.15, 0.2) is 0 Å². The van der Waals surface area contributed by atoms with Crippen LogP contribution >= 0.6 is 0 Å². The van der Waals surface area contributed by atoms with Crippen molar-refractivity contribution >= 4 is 5.69 Å². The summed E-state index contributed by atoms with van der Waals surface area (Å²) in [7, 11) is 0. The molecule has 0 radical (unpaired) electrons. The Morgan fingerprint density at radius 1 is 1.13 bits per heavy atom. The van der Waals surface area contributed by atoms with Crippen LogP contribution in [0.25, 0.3) is 0 Å². The van der Waals surface area contributed by atoms with Crippen molar-refractivity contribution in [3.63, 3.8) is 0 Å². The topological polar surface area (TPSA) is 35.8 Å². The van der Waals surface area contributed by atoms with E-state index in [2.05, 4.69) is 43.4 Å². The number of nitrogens with zero attached hydrogens (tertiary/aromatic N) is 1. The maximum absolute atomic E-state index is 8.38. The summed E-state index contributed by atoms with van der Waals surface area (Å²) in [5, 5.41) is 11.8. The number of unbranched alkanes of at least 4 members (excludes halogenated alkanes) is 2.